The van der Waals surface area contributed by atoms with Gasteiger partial charge in [-0.05, 0) is 0 Å². The third kappa shape index (κ3) is 4.85. The van der Waals surface area contributed by atoms with Gasteiger partial charge in [0.05, 0.1) is 32.0 Å². The molecule has 6 N–H and O–H groups in total. The summed E-state index contributed by atoms with van der Waals surface area (Å²) in [6.07, 6.45) is -2.23. The largest absolute Gasteiger partial charge is 0.396 e. The molecule has 0 fully saturated rings. The zero-order valence-corrected chi connectivity index (χ0v) is 8.00. The Hall–Kier alpha value is -0.240. The number of hydrogen-bond donors (Lipinski definition) is 6. The van der Waals surface area contributed by atoms with Gasteiger partial charge >= 0.3 is 0 Å². The van der Waals surface area contributed by atoms with Gasteiger partial charge in [0.2, 0.25) is 0 Å². The Morgan fingerprint density at radius 2 is 1.57 bits per heavy atom. The summed E-state index contributed by atoms with van der Waals surface area (Å²) in [6.45, 7) is -0.374. The van der Waals surface area contributed by atoms with E-state index in [9.17, 15) is 10.2 Å². The molecule has 2 atom stereocenters. The average molecular weight is 209 g/mol. The van der Waals surface area contributed by atoms with Gasteiger partial charge in [-0.25, -0.2) is 0 Å². The SMILES string of the molecule is OCCNCC(O)C(O)C(CO)CO. The Labute approximate surface area is 82.8 Å². The van der Waals surface area contributed by atoms with Crippen LogP contribution in [-0.2, 0) is 0 Å². The van der Waals surface area contributed by atoms with Crippen molar-refractivity contribution in [1.29, 1.82) is 0 Å². The fraction of sp³-hybridized carbons (Fsp3) is 1.00. The van der Waals surface area contributed by atoms with E-state index in [1.807, 2.05) is 0 Å². The van der Waals surface area contributed by atoms with Crippen LogP contribution in [0.1, 0.15) is 0 Å². The summed E-state index contributed by atoms with van der Waals surface area (Å²) >= 11 is 0. The van der Waals surface area contributed by atoms with Crippen molar-refractivity contribution in [2.24, 2.45) is 5.92 Å². The summed E-state index contributed by atoms with van der Waals surface area (Å²) < 4.78 is 0. The molecule has 0 aliphatic carbocycles. The Kier molecular flexibility index (Phi) is 7.96. The van der Waals surface area contributed by atoms with Crippen molar-refractivity contribution in [3.63, 3.8) is 0 Å². The summed E-state index contributed by atoms with van der Waals surface area (Å²) in [5.74, 6) is -0.735. The minimum atomic E-state index is -1.17. The Balaban J connectivity index is 3.78. The van der Waals surface area contributed by atoms with E-state index in [1.165, 1.54) is 0 Å². The predicted octanol–water partition coefficient (Wildman–Crippen LogP) is -3.11. The number of hydrogen-bond acceptors (Lipinski definition) is 6. The quantitative estimate of drug-likeness (QED) is 0.236. The van der Waals surface area contributed by atoms with Crippen molar-refractivity contribution < 1.29 is 25.5 Å². The summed E-state index contributed by atoms with van der Waals surface area (Å²) in [5.41, 5.74) is 0. The van der Waals surface area contributed by atoms with E-state index in [0.717, 1.165) is 0 Å². The first-order valence-corrected chi connectivity index (χ1v) is 4.56. The van der Waals surface area contributed by atoms with E-state index < -0.39 is 18.1 Å². The molecule has 0 aromatic heterocycles. The molecule has 0 rings (SSSR count). The first-order chi connectivity index (χ1) is 6.67. The molecule has 0 bridgehead atoms. The lowest BCUT2D eigenvalue weighted by Gasteiger charge is -2.23. The highest BCUT2D eigenvalue weighted by Crippen LogP contribution is 2.06. The topological polar surface area (TPSA) is 113 Å². The van der Waals surface area contributed by atoms with Gasteiger partial charge in [-0.1, -0.05) is 0 Å². The summed E-state index contributed by atoms with van der Waals surface area (Å²) in [7, 11) is 0. The van der Waals surface area contributed by atoms with E-state index in [4.69, 9.17) is 15.3 Å². The third-order valence-electron chi connectivity index (χ3n) is 1.99. The lowest BCUT2D eigenvalue weighted by molar-refractivity contribution is -0.0469. The van der Waals surface area contributed by atoms with Crippen LogP contribution in [0.2, 0.25) is 0 Å². The third-order valence-corrected chi connectivity index (χ3v) is 1.99. The van der Waals surface area contributed by atoms with E-state index in [-0.39, 0.29) is 26.4 Å². The first kappa shape index (κ1) is 13.8. The minimum absolute atomic E-state index is 0.0494. The standard InChI is InChI=1S/C8H19NO5/c10-2-1-9-3-7(13)8(14)6(4-11)5-12/h6-14H,1-5H2. The van der Waals surface area contributed by atoms with Crippen molar-refractivity contribution in [3.05, 3.63) is 0 Å². The van der Waals surface area contributed by atoms with Crippen LogP contribution in [-0.4, -0.2) is 70.7 Å². The molecule has 0 aliphatic rings. The van der Waals surface area contributed by atoms with Crippen LogP contribution >= 0.6 is 0 Å². The number of aliphatic hydroxyl groups is 5. The van der Waals surface area contributed by atoms with Gasteiger partial charge < -0.3 is 30.8 Å². The van der Waals surface area contributed by atoms with E-state index in [1.54, 1.807) is 0 Å². The van der Waals surface area contributed by atoms with Gasteiger partial charge in [-0.3, -0.25) is 0 Å². The number of nitrogens with one attached hydrogen (secondary N) is 1. The number of rotatable bonds is 8. The lowest BCUT2D eigenvalue weighted by Crippen LogP contribution is -2.43. The Bertz CT molecular complexity index is 131. The smallest absolute Gasteiger partial charge is 0.0927 e. The predicted molar refractivity (Wildman–Crippen MR) is 49.6 cm³/mol. The zero-order chi connectivity index (χ0) is 11.0. The highest BCUT2D eigenvalue weighted by molar-refractivity contribution is 4.76. The van der Waals surface area contributed by atoms with Crippen LogP contribution in [0.25, 0.3) is 0 Å². The highest BCUT2D eigenvalue weighted by Gasteiger charge is 2.24. The Morgan fingerprint density at radius 3 is 2.00 bits per heavy atom. The second kappa shape index (κ2) is 8.10. The molecule has 86 valence electrons. The van der Waals surface area contributed by atoms with Crippen LogP contribution in [0.15, 0.2) is 0 Å². The van der Waals surface area contributed by atoms with E-state index >= 15 is 0 Å². The lowest BCUT2D eigenvalue weighted by atomic mass is 9.99. The van der Waals surface area contributed by atoms with Gasteiger partial charge in [-0.15, -0.1) is 0 Å². The first-order valence-electron chi connectivity index (χ1n) is 4.56. The number of aliphatic hydroxyl groups excluding tert-OH is 5. The molecule has 0 saturated heterocycles. The minimum Gasteiger partial charge on any atom is -0.396 e. The molecule has 0 radical (unpaired) electrons. The molecule has 0 amide bonds. The second-order valence-electron chi connectivity index (χ2n) is 3.11. The summed E-state index contributed by atoms with van der Waals surface area (Å²) in [4.78, 5) is 0. The summed E-state index contributed by atoms with van der Waals surface area (Å²) in [5, 5.41) is 47.3. The Morgan fingerprint density at radius 1 is 1.00 bits per heavy atom. The van der Waals surface area contributed by atoms with Crippen LogP contribution < -0.4 is 5.32 Å². The van der Waals surface area contributed by atoms with Crippen molar-refractivity contribution in [2.45, 2.75) is 12.2 Å². The van der Waals surface area contributed by atoms with E-state index in [0.29, 0.717) is 6.54 Å². The van der Waals surface area contributed by atoms with Crippen LogP contribution in [0, 0.1) is 5.92 Å². The van der Waals surface area contributed by atoms with Gasteiger partial charge in [0.15, 0.2) is 0 Å². The molecule has 6 nitrogen and oxygen atoms in total. The molecule has 6 heteroatoms. The normalized spacial score (nSPS) is 15.9. The second-order valence-corrected chi connectivity index (χ2v) is 3.11. The highest BCUT2D eigenvalue weighted by atomic mass is 16.3. The molecular formula is C8H19NO5. The van der Waals surface area contributed by atoms with Gasteiger partial charge in [-0.2, -0.15) is 0 Å². The van der Waals surface area contributed by atoms with Crippen molar-refractivity contribution in [3.8, 4) is 0 Å². The van der Waals surface area contributed by atoms with Crippen molar-refractivity contribution in [2.75, 3.05) is 32.9 Å². The maximum absolute atomic E-state index is 9.40. The van der Waals surface area contributed by atoms with E-state index in [2.05, 4.69) is 5.32 Å². The molecule has 0 aliphatic heterocycles. The van der Waals surface area contributed by atoms with Crippen LogP contribution in [0.3, 0.4) is 0 Å². The molecule has 0 heterocycles. The van der Waals surface area contributed by atoms with Gasteiger partial charge in [0, 0.05) is 19.0 Å². The fourth-order valence-corrected chi connectivity index (χ4v) is 1.04. The van der Waals surface area contributed by atoms with Crippen LogP contribution in [0.5, 0.6) is 0 Å². The van der Waals surface area contributed by atoms with Crippen molar-refractivity contribution >= 4 is 0 Å². The monoisotopic (exact) mass is 209 g/mol. The molecule has 2 unspecified atom stereocenters. The maximum atomic E-state index is 9.40. The molecule has 0 aromatic rings. The van der Waals surface area contributed by atoms with Gasteiger partial charge in [0.25, 0.3) is 0 Å². The zero-order valence-electron chi connectivity index (χ0n) is 8.00. The maximum Gasteiger partial charge on any atom is 0.0927 e. The molecular weight excluding hydrogens is 190 g/mol. The molecule has 0 aromatic carbocycles. The van der Waals surface area contributed by atoms with Gasteiger partial charge in [0.1, 0.15) is 0 Å². The molecule has 0 spiro atoms. The van der Waals surface area contributed by atoms with Crippen LogP contribution in [0.4, 0.5) is 0 Å². The fourth-order valence-electron chi connectivity index (χ4n) is 1.04. The molecule has 14 heavy (non-hydrogen) atoms. The molecule has 0 saturated carbocycles. The summed E-state index contributed by atoms with van der Waals surface area (Å²) in [6, 6.07) is 0. The van der Waals surface area contributed by atoms with Crippen molar-refractivity contribution in [1.82, 2.24) is 5.32 Å². The average Bonchev–Trinajstić information content (AvgIpc) is 2.19.